The summed E-state index contributed by atoms with van der Waals surface area (Å²) in [5.41, 5.74) is 5.13. The number of hydrogen-bond acceptors (Lipinski definition) is 5. The van der Waals surface area contributed by atoms with Crippen molar-refractivity contribution < 1.29 is 14.4 Å². The second-order valence-electron chi connectivity index (χ2n) is 2.36. The lowest BCUT2D eigenvalue weighted by molar-refractivity contribution is -0.142. The molecular weight excluding hydrogens is 245 g/mol. The van der Waals surface area contributed by atoms with Crippen molar-refractivity contribution in [3.05, 3.63) is 0 Å². The fourth-order valence-corrected chi connectivity index (χ4v) is 1.77. The van der Waals surface area contributed by atoms with Crippen LogP contribution in [0.2, 0.25) is 0 Å². The van der Waals surface area contributed by atoms with Crippen LogP contribution in [-0.4, -0.2) is 24.0 Å². The predicted octanol–water partition coefficient (Wildman–Crippen LogP) is -0.142. The molecule has 0 fully saturated rings. The van der Waals surface area contributed by atoms with Crippen LogP contribution in [0.5, 0.6) is 0 Å². The zero-order valence-electron chi connectivity index (χ0n) is 7.73. The minimum absolute atomic E-state index is 0.0347. The number of hydrogen-bond donors (Lipinski definition) is 4. The normalized spacial score (nSPS) is 14.8. The minimum atomic E-state index is -2.92. The smallest absolute Gasteiger partial charge is 0.320 e. The van der Waals surface area contributed by atoms with Crippen molar-refractivity contribution in [1.82, 2.24) is 9.21 Å². The molecule has 5 N–H and O–H groups in total. The van der Waals surface area contributed by atoms with Gasteiger partial charge in [0.15, 0.2) is 0 Å². The first kappa shape index (κ1) is 14.3. The van der Waals surface area contributed by atoms with Gasteiger partial charge in [-0.05, 0) is 18.2 Å². The molecule has 1 unspecified atom stereocenters. The van der Waals surface area contributed by atoms with Crippen LogP contribution in [-0.2, 0) is 21.3 Å². The largest absolute Gasteiger partial charge is 0.465 e. The molecule has 0 amide bonds. The van der Waals surface area contributed by atoms with E-state index in [1.165, 1.54) is 0 Å². The van der Waals surface area contributed by atoms with E-state index in [0.29, 0.717) is 6.61 Å². The Balaban J connectivity index is 3.36. The summed E-state index contributed by atoms with van der Waals surface area (Å²) >= 11 is 5.38. The number of esters is 1. The Morgan fingerprint density at radius 2 is 2.43 bits per heavy atom. The third kappa shape index (κ3) is 10.4. The molecule has 9 heteroatoms. The number of carbonyl (C=O) groups excluding carboxylic acids is 1. The number of carbonyl (C=O) groups is 1. The number of rotatable bonds is 7. The average molecular weight is 259 g/mol. The van der Waals surface area contributed by atoms with Crippen LogP contribution in [0.1, 0.15) is 13.3 Å². The van der Waals surface area contributed by atoms with Crippen LogP contribution in [0.4, 0.5) is 0 Å². The van der Waals surface area contributed by atoms with Gasteiger partial charge in [-0.3, -0.25) is 10.3 Å². The average Bonchev–Trinajstić information content (AvgIpc) is 2.07. The molecule has 0 rings (SSSR count). The molecule has 0 bridgehead atoms. The van der Waals surface area contributed by atoms with E-state index in [2.05, 4.69) is 21.0 Å². The van der Waals surface area contributed by atoms with Gasteiger partial charge in [-0.25, -0.2) is 4.72 Å². The van der Waals surface area contributed by atoms with E-state index in [-0.39, 0.29) is 12.5 Å². The molecule has 0 spiro atoms. The van der Waals surface area contributed by atoms with Crippen LogP contribution in [0.15, 0.2) is 0 Å². The first-order chi connectivity index (χ1) is 6.45. The van der Waals surface area contributed by atoms with Crippen LogP contribution in [0.3, 0.4) is 0 Å². The third-order valence-electron chi connectivity index (χ3n) is 0.932. The van der Waals surface area contributed by atoms with Crippen molar-refractivity contribution in [2.24, 2.45) is 5.50 Å². The van der Waals surface area contributed by atoms with Crippen molar-refractivity contribution in [2.75, 3.05) is 13.2 Å². The second kappa shape index (κ2) is 7.58. The fraction of sp³-hybridized carbons (Fsp3) is 0.800. The monoisotopic (exact) mass is 259 g/mol. The van der Waals surface area contributed by atoms with Gasteiger partial charge in [0.25, 0.3) is 0 Å². The van der Waals surface area contributed by atoms with Gasteiger partial charge in [0, 0.05) is 12.1 Å². The number of nitrogens with one attached hydrogen (secondary N) is 2. The Kier molecular flexibility index (Phi) is 7.75. The fourth-order valence-electron chi connectivity index (χ4n) is 0.460. The highest BCUT2D eigenvalue weighted by Gasteiger charge is 2.05. The molecular formula is C5H14N3O3PS2. The molecule has 0 heterocycles. The van der Waals surface area contributed by atoms with E-state index in [4.69, 9.17) is 15.1 Å². The molecule has 0 radical (unpaired) electrons. The Hall–Kier alpha value is 0.310. The Labute approximate surface area is 92.4 Å². The van der Waals surface area contributed by atoms with Crippen LogP contribution in [0.25, 0.3) is 0 Å². The molecule has 0 aliphatic carbocycles. The maximum atomic E-state index is 10.9. The number of ether oxygens (including phenoxy) is 1. The van der Waals surface area contributed by atoms with E-state index >= 15 is 0 Å². The first-order valence-corrected chi connectivity index (χ1v) is 7.52. The Morgan fingerprint density at radius 1 is 1.79 bits per heavy atom. The molecule has 0 aromatic heterocycles. The van der Waals surface area contributed by atoms with Crippen LogP contribution >= 0.6 is 18.7 Å². The highest BCUT2D eigenvalue weighted by Crippen LogP contribution is 2.26. The lowest BCUT2D eigenvalue weighted by atomic mass is 10.5. The Bertz CT molecular complexity index is 222. The molecule has 84 valence electrons. The van der Waals surface area contributed by atoms with Gasteiger partial charge in [0.05, 0.1) is 6.61 Å². The topological polar surface area (TPSA) is 96.6 Å². The molecule has 0 saturated carbocycles. The quantitative estimate of drug-likeness (QED) is 0.217. The SMILES string of the molecule is CCCOC(=O)CNSNP(N)(O)=S. The van der Waals surface area contributed by atoms with Crippen LogP contribution in [0, 0.1) is 0 Å². The van der Waals surface area contributed by atoms with Gasteiger partial charge in [0.2, 0.25) is 6.57 Å². The zero-order chi connectivity index (χ0) is 11.0. The summed E-state index contributed by atoms with van der Waals surface area (Å²) < 4.78 is 9.76. The third-order valence-corrected chi connectivity index (χ3v) is 3.30. The van der Waals surface area contributed by atoms with Gasteiger partial charge < -0.3 is 9.63 Å². The van der Waals surface area contributed by atoms with Crippen molar-refractivity contribution in [3.8, 4) is 0 Å². The molecule has 6 nitrogen and oxygen atoms in total. The van der Waals surface area contributed by atoms with Gasteiger partial charge >= 0.3 is 5.97 Å². The summed E-state index contributed by atoms with van der Waals surface area (Å²) in [7, 11) is 0. The minimum Gasteiger partial charge on any atom is -0.465 e. The summed E-state index contributed by atoms with van der Waals surface area (Å²) in [6.45, 7) is -0.560. The van der Waals surface area contributed by atoms with Gasteiger partial charge in [-0.15, -0.1) is 0 Å². The van der Waals surface area contributed by atoms with Crippen molar-refractivity contribution in [2.45, 2.75) is 13.3 Å². The molecule has 1 atom stereocenters. The van der Waals surface area contributed by atoms with Crippen molar-refractivity contribution >= 4 is 36.5 Å². The lowest BCUT2D eigenvalue weighted by Crippen LogP contribution is -2.23. The van der Waals surface area contributed by atoms with E-state index in [9.17, 15) is 4.79 Å². The molecule has 0 saturated heterocycles. The molecule has 0 aromatic carbocycles. The highest BCUT2D eigenvalue weighted by atomic mass is 32.5. The predicted molar refractivity (Wildman–Crippen MR) is 60.7 cm³/mol. The second-order valence-corrected chi connectivity index (χ2v) is 6.50. The Morgan fingerprint density at radius 3 is 2.93 bits per heavy atom. The molecule has 0 aliphatic heterocycles. The van der Waals surface area contributed by atoms with E-state index in [1.807, 2.05) is 6.92 Å². The van der Waals surface area contributed by atoms with Crippen molar-refractivity contribution in [3.63, 3.8) is 0 Å². The highest BCUT2D eigenvalue weighted by molar-refractivity contribution is 8.16. The lowest BCUT2D eigenvalue weighted by Gasteiger charge is -2.09. The maximum Gasteiger partial charge on any atom is 0.320 e. The molecule has 14 heavy (non-hydrogen) atoms. The van der Waals surface area contributed by atoms with Gasteiger partial charge in [0.1, 0.15) is 6.54 Å². The van der Waals surface area contributed by atoms with E-state index in [0.717, 1.165) is 18.6 Å². The summed E-state index contributed by atoms with van der Waals surface area (Å²) in [6.07, 6.45) is 0.789. The van der Waals surface area contributed by atoms with Crippen LogP contribution < -0.4 is 14.7 Å². The zero-order valence-corrected chi connectivity index (χ0v) is 10.3. The van der Waals surface area contributed by atoms with Crippen molar-refractivity contribution in [1.29, 1.82) is 0 Å². The molecule has 0 aromatic rings. The summed E-state index contributed by atoms with van der Waals surface area (Å²) in [4.78, 5) is 19.8. The van der Waals surface area contributed by atoms with Gasteiger partial charge in [-0.1, -0.05) is 6.92 Å². The van der Waals surface area contributed by atoms with E-state index < -0.39 is 6.57 Å². The standard InChI is InChI=1S/C5H14N3O3PS2/c1-2-3-11-5(9)4-7-14-8-12(6,10)13/h7H,2-4H2,1H3,(H4,6,8,10,13). The summed E-state index contributed by atoms with van der Waals surface area (Å²) in [6, 6.07) is 0. The summed E-state index contributed by atoms with van der Waals surface area (Å²) in [5, 5.41) is 0. The molecule has 0 aliphatic rings. The summed E-state index contributed by atoms with van der Waals surface area (Å²) in [5.74, 6) is -0.357. The number of nitrogens with two attached hydrogens (primary N) is 1. The first-order valence-electron chi connectivity index (χ1n) is 3.88. The van der Waals surface area contributed by atoms with E-state index in [1.54, 1.807) is 0 Å². The maximum absolute atomic E-state index is 10.9. The van der Waals surface area contributed by atoms with Gasteiger partial charge in [-0.2, -0.15) is 4.49 Å².